The van der Waals surface area contributed by atoms with Crippen LogP contribution in [0.4, 0.5) is 0 Å². The highest BCUT2D eigenvalue weighted by atomic mass is 16.5. The molecule has 0 aliphatic carbocycles. The molecule has 20 heavy (non-hydrogen) atoms. The third-order valence-electron chi connectivity index (χ3n) is 3.11. The van der Waals surface area contributed by atoms with Gasteiger partial charge in [0.25, 0.3) is 0 Å². The van der Waals surface area contributed by atoms with Crippen LogP contribution in [-0.2, 0) is 0 Å². The number of ether oxygens (including phenoxy) is 1. The molecule has 0 fully saturated rings. The second kappa shape index (κ2) is 7.68. The molecule has 0 bridgehead atoms. The third-order valence-corrected chi connectivity index (χ3v) is 3.11. The minimum atomic E-state index is 0.206. The number of benzene rings is 1. The average Bonchev–Trinajstić information content (AvgIpc) is 2.33. The predicted molar refractivity (Wildman–Crippen MR) is 87.3 cm³/mol. The maximum absolute atomic E-state index is 5.98. The molecular formula is C18H31NO. The van der Waals surface area contributed by atoms with Gasteiger partial charge in [0.1, 0.15) is 5.75 Å². The zero-order valence-corrected chi connectivity index (χ0v) is 14.0. The highest BCUT2D eigenvalue weighted by Crippen LogP contribution is 2.34. The summed E-state index contributed by atoms with van der Waals surface area (Å²) < 4.78 is 5.98. The fourth-order valence-corrected chi connectivity index (χ4v) is 2.35. The SMILES string of the molecule is CCCNC(CC(C)(C)C)c1ccccc1OC(C)C. The number of rotatable bonds is 7. The molecule has 1 N–H and O–H groups in total. The lowest BCUT2D eigenvalue weighted by molar-refractivity contribution is 0.233. The van der Waals surface area contributed by atoms with E-state index in [1.54, 1.807) is 0 Å². The first kappa shape index (κ1) is 17.0. The van der Waals surface area contributed by atoms with Gasteiger partial charge >= 0.3 is 0 Å². The van der Waals surface area contributed by atoms with E-state index in [1.807, 2.05) is 0 Å². The Kier molecular flexibility index (Phi) is 6.54. The van der Waals surface area contributed by atoms with Crippen molar-refractivity contribution in [3.8, 4) is 5.75 Å². The van der Waals surface area contributed by atoms with E-state index in [4.69, 9.17) is 4.74 Å². The summed E-state index contributed by atoms with van der Waals surface area (Å²) in [4.78, 5) is 0. The quantitative estimate of drug-likeness (QED) is 0.761. The van der Waals surface area contributed by atoms with Gasteiger partial charge < -0.3 is 10.1 Å². The van der Waals surface area contributed by atoms with Gasteiger partial charge in [-0.2, -0.15) is 0 Å². The highest BCUT2D eigenvalue weighted by Gasteiger charge is 2.22. The Bertz CT molecular complexity index is 393. The summed E-state index contributed by atoms with van der Waals surface area (Å²) in [6.45, 7) is 14.3. The van der Waals surface area contributed by atoms with Crippen LogP contribution in [0.25, 0.3) is 0 Å². The first-order chi connectivity index (χ1) is 9.33. The Morgan fingerprint density at radius 2 is 1.80 bits per heavy atom. The molecule has 0 spiro atoms. The fourth-order valence-electron chi connectivity index (χ4n) is 2.35. The minimum absolute atomic E-state index is 0.206. The largest absolute Gasteiger partial charge is 0.491 e. The van der Waals surface area contributed by atoms with Crippen LogP contribution in [0.3, 0.4) is 0 Å². The molecule has 1 aromatic rings. The Hall–Kier alpha value is -1.02. The van der Waals surface area contributed by atoms with Crippen LogP contribution in [0.1, 0.15) is 66.0 Å². The molecule has 1 rings (SSSR count). The van der Waals surface area contributed by atoms with Gasteiger partial charge in [0, 0.05) is 11.6 Å². The summed E-state index contributed by atoms with van der Waals surface area (Å²) in [7, 11) is 0. The monoisotopic (exact) mass is 277 g/mol. The molecule has 2 heteroatoms. The van der Waals surface area contributed by atoms with E-state index in [2.05, 4.69) is 71.1 Å². The van der Waals surface area contributed by atoms with Crippen LogP contribution in [0, 0.1) is 5.41 Å². The first-order valence-corrected chi connectivity index (χ1v) is 7.82. The van der Waals surface area contributed by atoms with Crippen LogP contribution >= 0.6 is 0 Å². The molecule has 0 saturated carbocycles. The zero-order chi connectivity index (χ0) is 15.2. The first-order valence-electron chi connectivity index (χ1n) is 7.82. The molecule has 114 valence electrons. The van der Waals surface area contributed by atoms with Gasteiger partial charge in [-0.1, -0.05) is 45.9 Å². The van der Waals surface area contributed by atoms with Crippen LogP contribution in [0.15, 0.2) is 24.3 Å². The second-order valence-electron chi connectivity index (χ2n) is 6.98. The molecule has 0 amide bonds. The molecule has 2 nitrogen and oxygen atoms in total. The van der Waals surface area contributed by atoms with Crippen molar-refractivity contribution in [1.82, 2.24) is 5.32 Å². The lowest BCUT2D eigenvalue weighted by atomic mass is 9.85. The number of hydrogen-bond acceptors (Lipinski definition) is 2. The van der Waals surface area contributed by atoms with Crippen LogP contribution in [0.5, 0.6) is 5.75 Å². The summed E-state index contributed by atoms with van der Waals surface area (Å²) in [5.41, 5.74) is 1.57. The van der Waals surface area contributed by atoms with E-state index in [0.717, 1.165) is 25.1 Å². The van der Waals surface area contributed by atoms with Crippen LogP contribution in [-0.4, -0.2) is 12.6 Å². The smallest absolute Gasteiger partial charge is 0.124 e. The number of nitrogens with one attached hydrogen (secondary N) is 1. The summed E-state index contributed by atoms with van der Waals surface area (Å²) >= 11 is 0. The Morgan fingerprint density at radius 3 is 2.35 bits per heavy atom. The van der Waals surface area contributed by atoms with E-state index in [0.29, 0.717) is 6.04 Å². The van der Waals surface area contributed by atoms with Crippen molar-refractivity contribution in [1.29, 1.82) is 0 Å². The van der Waals surface area contributed by atoms with Crippen LogP contribution < -0.4 is 10.1 Å². The summed E-state index contributed by atoms with van der Waals surface area (Å²) in [6.07, 6.45) is 2.46. The lowest BCUT2D eigenvalue weighted by Crippen LogP contribution is -2.27. The van der Waals surface area contributed by atoms with Crippen LogP contribution in [0.2, 0.25) is 0 Å². The van der Waals surface area contributed by atoms with Gasteiger partial charge in [-0.05, 0) is 44.7 Å². The molecule has 1 unspecified atom stereocenters. The Labute approximate surface area is 124 Å². The number of para-hydroxylation sites is 1. The molecule has 0 radical (unpaired) electrons. The van der Waals surface area contributed by atoms with E-state index < -0.39 is 0 Å². The van der Waals surface area contributed by atoms with Crippen molar-refractivity contribution >= 4 is 0 Å². The maximum Gasteiger partial charge on any atom is 0.124 e. The predicted octanol–water partition coefficient (Wildman–Crippen LogP) is 4.95. The minimum Gasteiger partial charge on any atom is -0.491 e. The molecule has 1 atom stereocenters. The molecular weight excluding hydrogens is 246 g/mol. The molecule has 0 aromatic heterocycles. The van der Waals surface area contributed by atoms with E-state index in [-0.39, 0.29) is 11.5 Å². The van der Waals surface area contributed by atoms with Gasteiger partial charge in [0.05, 0.1) is 6.10 Å². The van der Waals surface area contributed by atoms with Gasteiger partial charge in [-0.3, -0.25) is 0 Å². The number of hydrogen-bond donors (Lipinski definition) is 1. The Morgan fingerprint density at radius 1 is 1.15 bits per heavy atom. The van der Waals surface area contributed by atoms with Crippen molar-refractivity contribution in [2.45, 2.75) is 66.5 Å². The maximum atomic E-state index is 5.98. The fraction of sp³-hybridized carbons (Fsp3) is 0.667. The van der Waals surface area contributed by atoms with E-state index in [1.165, 1.54) is 5.56 Å². The van der Waals surface area contributed by atoms with Gasteiger partial charge in [0.2, 0.25) is 0 Å². The molecule has 0 aliphatic heterocycles. The van der Waals surface area contributed by atoms with Gasteiger partial charge in [0.15, 0.2) is 0 Å². The average molecular weight is 277 g/mol. The molecule has 1 aromatic carbocycles. The summed E-state index contributed by atoms with van der Waals surface area (Å²) in [5, 5.41) is 3.68. The summed E-state index contributed by atoms with van der Waals surface area (Å²) in [6, 6.07) is 8.78. The van der Waals surface area contributed by atoms with Crippen molar-refractivity contribution in [2.75, 3.05) is 6.54 Å². The van der Waals surface area contributed by atoms with Crippen molar-refractivity contribution in [2.24, 2.45) is 5.41 Å². The van der Waals surface area contributed by atoms with E-state index in [9.17, 15) is 0 Å². The van der Waals surface area contributed by atoms with Crippen molar-refractivity contribution in [3.63, 3.8) is 0 Å². The second-order valence-corrected chi connectivity index (χ2v) is 6.98. The van der Waals surface area contributed by atoms with E-state index >= 15 is 0 Å². The zero-order valence-electron chi connectivity index (χ0n) is 14.0. The topological polar surface area (TPSA) is 21.3 Å². The Balaban J connectivity index is 2.99. The molecule has 0 aliphatic rings. The van der Waals surface area contributed by atoms with Gasteiger partial charge in [-0.15, -0.1) is 0 Å². The normalized spacial score (nSPS) is 13.6. The van der Waals surface area contributed by atoms with Gasteiger partial charge in [-0.25, -0.2) is 0 Å². The third kappa shape index (κ3) is 5.96. The molecule has 0 heterocycles. The van der Waals surface area contributed by atoms with Crippen molar-refractivity contribution in [3.05, 3.63) is 29.8 Å². The lowest BCUT2D eigenvalue weighted by Gasteiger charge is -2.29. The summed E-state index contributed by atoms with van der Waals surface area (Å²) in [5.74, 6) is 1.01. The standard InChI is InChI=1S/C18H31NO/c1-7-12-19-16(13-18(4,5)6)15-10-8-9-11-17(15)20-14(2)3/h8-11,14,16,19H,7,12-13H2,1-6H3. The van der Waals surface area contributed by atoms with Crippen molar-refractivity contribution < 1.29 is 4.74 Å². The highest BCUT2D eigenvalue weighted by molar-refractivity contribution is 5.36. The molecule has 0 saturated heterocycles.